The predicted molar refractivity (Wildman–Crippen MR) is 164 cm³/mol. The molecule has 4 rings (SSSR count). The Labute approximate surface area is 252 Å². The molecule has 0 bridgehead atoms. The van der Waals surface area contributed by atoms with Crippen LogP contribution in [0.2, 0.25) is 0 Å². The van der Waals surface area contributed by atoms with E-state index in [1.54, 1.807) is 0 Å². The maximum atomic E-state index is 15.5. The number of carbonyl (C=O) groups excluding carboxylic acids is 2. The van der Waals surface area contributed by atoms with Gasteiger partial charge in [0, 0.05) is 54.3 Å². The Bertz CT molecular complexity index is 1150. The largest absolute Gasteiger partial charge is 0.337 e. The van der Waals surface area contributed by atoms with Gasteiger partial charge in [-0.15, -0.1) is 0 Å². The lowest BCUT2D eigenvalue weighted by Gasteiger charge is -2.45. The van der Waals surface area contributed by atoms with E-state index in [9.17, 15) is 14.0 Å². The quantitative estimate of drug-likeness (QED) is 0.452. The third-order valence-electron chi connectivity index (χ3n) is 10.2. The Balaban J connectivity index is 1.72. The summed E-state index contributed by atoms with van der Waals surface area (Å²) in [4.78, 5) is 35.1. The van der Waals surface area contributed by atoms with Crippen molar-refractivity contribution in [2.75, 3.05) is 26.2 Å². The van der Waals surface area contributed by atoms with Gasteiger partial charge in [0.1, 0.15) is 11.6 Å². The van der Waals surface area contributed by atoms with Crippen LogP contribution >= 0.6 is 0 Å². The summed E-state index contributed by atoms with van der Waals surface area (Å²) in [5, 5.41) is 0. The summed E-state index contributed by atoms with van der Waals surface area (Å²) in [5.74, 6) is -1.34. The minimum atomic E-state index is -1.14. The van der Waals surface area contributed by atoms with E-state index < -0.39 is 22.5 Å². The summed E-state index contributed by atoms with van der Waals surface area (Å²) in [6, 6.07) is 3.47. The third kappa shape index (κ3) is 6.54. The summed E-state index contributed by atoms with van der Waals surface area (Å²) < 4.78 is 29.5. The molecule has 236 valence electrons. The highest BCUT2D eigenvalue weighted by Crippen LogP contribution is 2.44. The zero-order valence-corrected chi connectivity index (χ0v) is 27.2. The molecule has 3 aliphatic rings. The predicted octanol–water partition coefficient (Wildman–Crippen LogP) is 5.87. The number of hydrogen-bond acceptors (Lipinski definition) is 4. The van der Waals surface area contributed by atoms with E-state index in [0.717, 1.165) is 31.7 Å². The normalized spacial score (nSPS) is 27.5. The van der Waals surface area contributed by atoms with Gasteiger partial charge in [0.25, 0.3) is 0 Å². The monoisotopic (exact) mass is 588 g/mol. The fourth-order valence-corrected chi connectivity index (χ4v) is 7.53. The lowest BCUT2D eigenvalue weighted by atomic mass is 9.74. The van der Waals surface area contributed by atoms with Gasteiger partial charge in [-0.2, -0.15) is 0 Å². The van der Waals surface area contributed by atoms with Gasteiger partial charge in [-0.1, -0.05) is 40.7 Å². The summed E-state index contributed by atoms with van der Waals surface area (Å²) in [6.07, 6.45) is 5.74. The first-order chi connectivity index (χ1) is 19.4. The van der Waals surface area contributed by atoms with Crippen molar-refractivity contribution in [2.24, 2.45) is 16.6 Å². The Morgan fingerprint density at radius 1 is 1.02 bits per heavy atom. The molecule has 1 aromatic rings. The van der Waals surface area contributed by atoms with Crippen LogP contribution in [0.5, 0.6) is 0 Å². The van der Waals surface area contributed by atoms with Crippen LogP contribution in [0, 0.1) is 22.5 Å². The molecule has 0 aromatic heterocycles. The number of likely N-dealkylation sites (tertiary alicyclic amines) is 2. The molecule has 42 heavy (non-hydrogen) atoms. The molecule has 1 saturated carbocycles. The van der Waals surface area contributed by atoms with Crippen molar-refractivity contribution in [3.63, 3.8) is 0 Å². The molecule has 2 saturated heterocycles. The molecule has 3 atom stereocenters. The summed E-state index contributed by atoms with van der Waals surface area (Å²) in [6.45, 7) is 18.6. The zero-order valence-electron chi connectivity index (χ0n) is 27.2. The smallest absolute Gasteiger partial charge is 0.235 e. The van der Waals surface area contributed by atoms with Crippen molar-refractivity contribution in [1.82, 2.24) is 14.7 Å². The number of benzene rings is 1. The van der Waals surface area contributed by atoms with Crippen molar-refractivity contribution < 1.29 is 18.4 Å². The fraction of sp³-hybridized carbons (Fsp3) is 0.765. The molecule has 2 N–H and O–H groups in total. The van der Waals surface area contributed by atoms with Gasteiger partial charge < -0.3 is 15.5 Å². The number of carbonyl (C=O) groups is 2. The first kappa shape index (κ1) is 32.8. The Kier molecular flexibility index (Phi) is 9.22. The van der Waals surface area contributed by atoms with Crippen LogP contribution < -0.4 is 5.73 Å². The standard InChI is InChI=1S/C34H54F2N4O2/c1-31(2,3)29(41)40(24-11-14-33(7,8)15-12-24)26-20-25(13-17-37)39(21-26)30(42)34(16-18-38(22-34)32(4,5)6)27-10-9-23(35)19-28(27)36/h9-10,19,24-26H,11-18,20-22,37H2,1-8H3/t25-,26-,34+/m0/s1. The third-order valence-corrected chi connectivity index (χ3v) is 10.2. The lowest BCUT2D eigenvalue weighted by Crippen LogP contribution is -2.55. The van der Waals surface area contributed by atoms with Crippen LogP contribution in [0.3, 0.4) is 0 Å². The molecule has 1 aromatic carbocycles. The van der Waals surface area contributed by atoms with Gasteiger partial charge in [-0.05, 0) is 83.7 Å². The van der Waals surface area contributed by atoms with Crippen molar-refractivity contribution >= 4 is 11.8 Å². The maximum absolute atomic E-state index is 15.5. The molecule has 0 radical (unpaired) electrons. The molecular weight excluding hydrogens is 534 g/mol. The van der Waals surface area contributed by atoms with Gasteiger partial charge in [0.05, 0.1) is 11.5 Å². The molecule has 0 spiro atoms. The minimum absolute atomic E-state index is 0.122. The van der Waals surface area contributed by atoms with Crippen molar-refractivity contribution in [3.05, 3.63) is 35.4 Å². The van der Waals surface area contributed by atoms with Crippen molar-refractivity contribution in [2.45, 2.75) is 129 Å². The minimum Gasteiger partial charge on any atom is -0.337 e. The molecule has 8 heteroatoms. The first-order valence-electron chi connectivity index (χ1n) is 15.9. The highest BCUT2D eigenvalue weighted by molar-refractivity contribution is 5.90. The summed E-state index contributed by atoms with van der Waals surface area (Å²) in [5.41, 5.74) is 4.70. The second kappa shape index (κ2) is 11.8. The van der Waals surface area contributed by atoms with Crippen LogP contribution in [-0.2, 0) is 15.0 Å². The van der Waals surface area contributed by atoms with E-state index in [0.29, 0.717) is 45.4 Å². The zero-order chi connectivity index (χ0) is 31.3. The van der Waals surface area contributed by atoms with Gasteiger partial charge in [-0.25, -0.2) is 8.78 Å². The van der Waals surface area contributed by atoms with Gasteiger partial charge in [0.2, 0.25) is 11.8 Å². The van der Waals surface area contributed by atoms with Crippen molar-refractivity contribution in [1.29, 1.82) is 0 Å². The molecule has 2 heterocycles. The van der Waals surface area contributed by atoms with E-state index in [-0.39, 0.29) is 46.5 Å². The van der Waals surface area contributed by atoms with Crippen molar-refractivity contribution in [3.8, 4) is 0 Å². The Hall–Kier alpha value is -2.06. The highest BCUT2D eigenvalue weighted by Gasteiger charge is 2.54. The molecule has 2 amide bonds. The Morgan fingerprint density at radius 3 is 2.19 bits per heavy atom. The fourth-order valence-electron chi connectivity index (χ4n) is 7.53. The van der Waals surface area contributed by atoms with Crippen LogP contribution in [-0.4, -0.2) is 76.4 Å². The maximum Gasteiger partial charge on any atom is 0.235 e. The molecule has 6 nitrogen and oxygen atoms in total. The second-order valence-corrected chi connectivity index (χ2v) is 16.0. The van der Waals surface area contributed by atoms with Crippen LogP contribution in [0.1, 0.15) is 106 Å². The number of amides is 2. The number of hydrogen-bond donors (Lipinski definition) is 1. The van der Waals surface area contributed by atoms with E-state index in [1.165, 1.54) is 12.1 Å². The molecule has 1 aliphatic carbocycles. The Morgan fingerprint density at radius 2 is 1.67 bits per heavy atom. The van der Waals surface area contributed by atoms with E-state index in [2.05, 4.69) is 44.4 Å². The highest BCUT2D eigenvalue weighted by atomic mass is 19.1. The SMILES string of the molecule is CC1(C)CCC(N(C(=O)C(C)(C)C)[C@H]2C[C@H](CCN)N(C(=O)[C@]3(c4ccc(F)cc4F)CCN(C(C)(C)C)C3)C2)CC1. The first-order valence-corrected chi connectivity index (χ1v) is 15.9. The van der Waals surface area contributed by atoms with Crippen LogP contribution in [0.15, 0.2) is 18.2 Å². The number of halogens is 2. The average Bonchev–Trinajstić information content (AvgIpc) is 3.50. The van der Waals surface area contributed by atoms with Crippen LogP contribution in [0.25, 0.3) is 0 Å². The molecule has 2 aliphatic heterocycles. The second-order valence-electron chi connectivity index (χ2n) is 16.0. The topological polar surface area (TPSA) is 69.9 Å². The van der Waals surface area contributed by atoms with E-state index >= 15 is 4.39 Å². The lowest BCUT2D eigenvalue weighted by molar-refractivity contribution is -0.147. The molecular formula is C34H54F2N4O2. The summed E-state index contributed by atoms with van der Waals surface area (Å²) >= 11 is 0. The number of rotatable bonds is 6. The van der Waals surface area contributed by atoms with Gasteiger partial charge in [-0.3, -0.25) is 14.5 Å². The number of nitrogens with two attached hydrogens (primary N) is 1. The molecule has 0 unspecified atom stereocenters. The number of nitrogens with zero attached hydrogens (tertiary/aromatic N) is 3. The van der Waals surface area contributed by atoms with Gasteiger partial charge in [0.15, 0.2) is 0 Å². The van der Waals surface area contributed by atoms with E-state index in [4.69, 9.17) is 5.73 Å². The van der Waals surface area contributed by atoms with Gasteiger partial charge >= 0.3 is 0 Å². The summed E-state index contributed by atoms with van der Waals surface area (Å²) in [7, 11) is 0. The molecule has 3 fully saturated rings. The van der Waals surface area contributed by atoms with E-state index in [1.807, 2.05) is 25.7 Å². The average molecular weight is 589 g/mol. The van der Waals surface area contributed by atoms with Crippen LogP contribution in [0.4, 0.5) is 8.78 Å².